The topological polar surface area (TPSA) is 89.5 Å². The van der Waals surface area contributed by atoms with E-state index in [1.165, 1.54) is 11.3 Å². The highest BCUT2D eigenvalue weighted by molar-refractivity contribution is 7.91. The van der Waals surface area contributed by atoms with Crippen LogP contribution in [-0.4, -0.2) is 43.9 Å². The number of amides is 1. The van der Waals surface area contributed by atoms with Crippen molar-refractivity contribution in [3.05, 3.63) is 22.4 Å². The minimum Gasteiger partial charge on any atom is -0.451 e. The van der Waals surface area contributed by atoms with Gasteiger partial charge in [-0.15, -0.1) is 11.3 Å². The van der Waals surface area contributed by atoms with Crippen LogP contribution in [-0.2, 0) is 19.4 Å². The van der Waals surface area contributed by atoms with Crippen molar-refractivity contribution >= 4 is 33.1 Å². The molecule has 1 amide bonds. The quantitative estimate of drug-likeness (QED) is 0.821. The van der Waals surface area contributed by atoms with E-state index in [2.05, 4.69) is 5.32 Å². The molecule has 1 aromatic heterocycles. The highest BCUT2D eigenvalue weighted by Crippen LogP contribution is 2.22. The second-order valence-corrected chi connectivity index (χ2v) is 8.14. The lowest BCUT2D eigenvalue weighted by molar-refractivity contribution is -0.125. The van der Waals surface area contributed by atoms with Crippen molar-refractivity contribution in [3.8, 4) is 0 Å². The zero-order chi connectivity index (χ0) is 14.8. The number of hydrogen-bond acceptors (Lipinski definition) is 6. The Morgan fingerprint density at radius 1 is 1.50 bits per heavy atom. The first-order valence-electron chi connectivity index (χ1n) is 6.02. The van der Waals surface area contributed by atoms with Gasteiger partial charge in [-0.2, -0.15) is 0 Å². The third kappa shape index (κ3) is 3.80. The third-order valence-corrected chi connectivity index (χ3v) is 5.75. The molecule has 6 nitrogen and oxygen atoms in total. The lowest BCUT2D eigenvalue weighted by Crippen LogP contribution is -2.48. The molecular formula is C12H15NO5S2. The number of carbonyl (C=O) groups excluding carboxylic acids is 2. The van der Waals surface area contributed by atoms with Gasteiger partial charge in [0.1, 0.15) is 4.88 Å². The van der Waals surface area contributed by atoms with Crippen LogP contribution in [0, 0.1) is 0 Å². The van der Waals surface area contributed by atoms with E-state index in [9.17, 15) is 18.0 Å². The summed E-state index contributed by atoms with van der Waals surface area (Å²) < 4.78 is 27.7. The van der Waals surface area contributed by atoms with Crippen molar-refractivity contribution < 1.29 is 22.7 Å². The number of nitrogens with one attached hydrogen (secondary N) is 1. The van der Waals surface area contributed by atoms with Crippen molar-refractivity contribution in [2.75, 3.05) is 18.1 Å². The Bertz CT molecular complexity index is 608. The first-order chi connectivity index (χ1) is 9.30. The molecule has 1 aromatic rings. The normalized spacial score (nSPS) is 24.2. The Morgan fingerprint density at radius 2 is 2.25 bits per heavy atom. The van der Waals surface area contributed by atoms with Crippen molar-refractivity contribution in [3.63, 3.8) is 0 Å². The molecule has 0 unspecified atom stereocenters. The SMILES string of the molecule is C[C@]1(NC(=O)COC(=O)c2cccs2)CCS(=O)(=O)C1. The fourth-order valence-corrected chi connectivity index (χ4v) is 4.79. The van der Waals surface area contributed by atoms with Gasteiger partial charge in [0, 0.05) is 0 Å². The molecule has 1 saturated heterocycles. The number of thiophene rings is 1. The summed E-state index contributed by atoms with van der Waals surface area (Å²) in [5.41, 5.74) is -0.773. The third-order valence-electron chi connectivity index (χ3n) is 3.00. The maximum absolute atomic E-state index is 11.7. The number of carbonyl (C=O) groups is 2. The summed E-state index contributed by atoms with van der Waals surface area (Å²) >= 11 is 1.23. The summed E-state index contributed by atoms with van der Waals surface area (Å²) in [6, 6.07) is 3.32. The predicted molar refractivity (Wildman–Crippen MR) is 74.4 cm³/mol. The molecule has 1 N–H and O–H groups in total. The smallest absolute Gasteiger partial charge is 0.348 e. The van der Waals surface area contributed by atoms with Gasteiger partial charge >= 0.3 is 5.97 Å². The highest BCUT2D eigenvalue weighted by Gasteiger charge is 2.39. The van der Waals surface area contributed by atoms with Crippen LogP contribution in [0.25, 0.3) is 0 Å². The average Bonchev–Trinajstić information content (AvgIpc) is 2.94. The Hall–Kier alpha value is -1.41. The standard InChI is InChI=1S/C12H15NO5S2/c1-12(4-6-20(16,17)8-12)13-10(14)7-18-11(15)9-3-2-5-19-9/h2-3,5H,4,6-8H2,1H3,(H,13,14)/t12-/m0/s1. The molecule has 1 aliphatic rings. The number of sulfone groups is 1. The fourth-order valence-electron chi connectivity index (χ4n) is 2.08. The van der Waals surface area contributed by atoms with Gasteiger partial charge in [0.15, 0.2) is 16.4 Å². The molecule has 0 aliphatic carbocycles. The van der Waals surface area contributed by atoms with E-state index < -0.39 is 33.9 Å². The van der Waals surface area contributed by atoms with Crippen molar-refractivity contribution in [1.82, 2.24) is 5.32 Å². The highest BCUT2D eigenvalue weighted by atomic mass is 32.2. The molecule has 2 rings (SSSR count). The first kappa shape index (κ1) is 15.0. The van der Waals surface area contributed by atoms with Crippen LogP contribution in [0.1, 0.15) is 23.0 Å². The summed E-state index contributed by atoms with van der Waals surface area (Å²) in [6.45, 7) is 1.27. The molecule has 110 valence electrons. The van der Waals surface area contributed by atoms with Crippen LogP contribution < -0.4 is 5.32 Å². The lowest BCUT2D eigenvalue weighted by atomic mass is 10.0. The van der Waals surface area contributed by atoms with E-state index in [-0.39, 0.29) is 11.5 Å². The fraction of sp³-hybridized carbons (Fsp3) is 0.500. The Labute approximate surface area is 121 Å². The molecule has 8 heteroatoms. The van der Waals surface area contributed by atoms with Crippen molar-refractivity contribution in [2.24, 2.45) is 0 Å². The van der Waals surface area contributed by atoms with Gasteiger partial charge in [0.2, 0.25) is 0 Å². The van der Waals surface area contributed by atoms with Gasteiger partial charge in [-0.25, -0.2) is 13.2 Å². The summed E-state index contributed by atoms with van der Waals surface area (Å²) in [4.78, 5) is 23.7. The summed E-state index contributed by atoms with van der Waals surface area (Å²) in [7, 11) is -3.09. The van der Waals surface area contributed by atoms with E-state index in [0.717, 1.165) is 0 Å². The van der Waals surface area contributed by atoms with E-state index >= 15 is 0 Å². The average molecular weight is 317 g/mol. The lowest BCUT2D eigenvalue weighted by Gasteiger charge is -2.23. The van der Waals surface area contributed by atoms with Crippen molar-refractivity contribution in [2.45, 2.75) is 18.9 Å². The summed E-state index contributed by atoms with van der Waals surface area (Å²) in [5.74, 6) is -1.06. The predicted octanol–water partition coefficient (Wildman–Crippen LogP) is 0.598. The number of hydrogen-bond donors (Lipinski definition) is 1. The van der Waals surface area contributed by atoms with Crippen LogP contribution in [0.4, 0.5) is 0 Å². The van der Waals surface area contributed by atoms with Gasteiger partial charge in [-0.1, -0.05) is 6.07 Å². The summed E-state index contributed by atoms with van der Waals surface area (Å²) in [5, 5.41) is 4.36. The molecule has 20 heavy (non-hydrogen) atoms. The van der Waals surface area contributed by atoms with Gasteiger partial charge < -0.3 is 10.1 Å². The zero-order valence-electron chi connectivity index (χ0n) is 10.9. The molecule has 1 fully saturated rings. The maximum atomic E-state index is 11.7. The van der Waals surface area contributed by atoms with Crippen LogP contribution in [0.3, 0.4) is 0 Å². The van der Waals surface area contributed by atoms with E-state index in [1.807, 2.05) is 0 Å². The molecule has 0 radical (unpaired) electrons. The monoisotopic (exact) mass is 317 g/mol. The van der Waals surface area contributed by atoms with E-state index in [0.29, 0.717) is 11.3 Å². The van der Waals surface area contributed by atoms with E-state index in [4.69, 9.17) is 4.74 Å². The van der Waals surface area contributed by atoms with Crippen LogP contribution >= 0.6 is 11.3 Å². The largest absolute Gasteiger partial charge is 0.451 e. The van der Waals surface area contributed by atoms with Crippen LogP contribution in [0.15, 0.2) is 17.5 Å². The second kappa shape index (κ2) is 5.53. The molecule has 1 atom stereocenters. The zero-order valence-corrected chi connectivity index (χ0v) is 12.6. The molecule has 2 heterocycles. The Balaban J connectivity index is 1.83. The maximum Gasteiger partial charge on any atom is 0.348 e. The molecule has 0 bridgehead atoms. The van der Waals surface area contributed by atoms with Crippen molar-refractivity contribution in [1.29, 1.82) is 0 Å². The summed E-state index contributed by atoms with van der Waals surface area (Å²) in [6.07, 6.45) is 0.375. The number of ether oxygens (including phenoxy) is 1. The molecule has 1 aliphatic heterocycles. The van der Waals surface area contributed by atoms with Gasteiger partial charge in [0.25, 0.3) is 5.91 Å². The van der Waals surface area contributed by atoms with Crippen LogP contribution in [0.2, 0.25) is 0 Å². The van der Waals surface area contributed by atoms with Gasteiger partial charge in [-0.3, -0.25) is 4.79 Å². The van der Waals surface area contributed by atoms with Crippen LogP contribution in [0.5, 0.6) is 0 Å². The molecule has 0 spiro atoms. The molecule has 0 aromatic carbocycles. The number of rotatable bonds is 4. The molecule has 0 saturated carbocycles. The van der Waals surface area contributed by atoms with Gasteiger partial charge in [0.05, 0.1) is 17.0 Å². The molecular weight excluding hydrogens is 302 g/mol. The minimum absolute atomic E-state index is 0.0682. The Kier molecular flexibility index (Phi) is 4.14. The minimum atomic E-state index is -3.09. The first-order valence-corrected chi connectivity index (χ1v) is 8.72. The second-order valence-electron chi connectivity index (χ2n) is 5.00. The van der Waals surface area contributed by atoms with E-state index in [1.54, 1.807) is 24.4 Å². The number of esters is 1. The van der Waals surface area contributed by atoms with Gasteiger partial charge in [-0.05, 0) is 24.8 Å². The Morgan fingerprint density at radius 3 is 2.80 bits per heavy atom.